The van der Waals surface area contributed by atoms with Gasteiger partial charge in [0.25, 0.3) is 0 Å². The van der Waals surface area contributed by atoms with Gasteiger partial charge in [-0.25, -0.2) is 0 Å². The zero-order valence-corrected chi connectivity index (χ0v) is 10.2. The molecule has 4 heteroatoms. The van der Waals surface area contributed by atoms with E-state index >= 15 is 0 Å². The lowest BCUT2D eigenvalue weighted by atomic mass is 10.1. The fourth-order valence-electron chi connectivity index (χ4n) is 2.71. The fraction of sp³-hybridized carbons (Fsp3) is 0.692. The molecule has 0 aromatic heterocycles. The van der Waals surface area contributed by atoms with Gasteiger partial charge in [0.05, 0.1) is 0 Å². The number of amides is 2. The molecule has 4 nitrogen and oxygen atoms in total. The third-order valence-corrected chi connectivity index (χ3v) is 3.78. The highest BCUT2D eigenvalue weighted by molar-refractivity contribution is 5.87. The maximum atomic E-state index is 12.1. The van der Waals surface area contributed by atoms with Crippen molar-refractivity contribution in [1.29, 1.82) is 0 Å². The summed E-state index contributed by atoms with van der Waals surface area (Å²) in [5, 5.41) is 0. The Labute approximate surface area is 102 Å². The van der Waals surface area contributed by atoms with Crippen molar-refractivity contribution in [2.45, 2.75) is 25.7 Å². The van der Waals surface area contributed by atoms with Gasteiger partial charge in [0.1, 0.15) is 0 Å². The second kappa shape index (κ2) is 5.34. The lowest BCUT2D eigenvalue weighted by Crippen LogP contribution is -2.51. The highest BCUT2D eigenvalue weighted by Crippen LogP contribution is 2.26. The van der Waals surface area contributed by atoms with Crippen LogP contribution in [0.25, 0.3) is 0 Å². The van der Waals surface area contributed by atoms with Gasteiger partial charge >= 0.3 is 0 Å². The minimum Gasteiger partial charge on any atom is -0.339 e. The van der Waals surface area contributed by atoms with Crippen LogP contribution in [0.2, 0.25) is 0 Å². The molecule has 2 amide bonds. The van der Waals surface area contributed by atoms with E-state index in [2.05, 4.69) is 6.58 Å². The minimum absolute atomic E-state index is 0.0297. The second-order valence-corrected chi connectivity index (χ2v) is 4.84. The maximum absolute atomic E-state index is 12.1. The Kier molecular flexibility index (Phi) is 3.82. The molecule has 2 rings (SSSR count). The van der Waals surface area contributed by atoms with Gasteiger partial charge in [0.2, 0.25) is 11.8 Å². The van der Waals surface area contributed by atoms with Gasteiger partial charge in [-0.05, 0) is 18.9 Å². The van der Waals surface area contributed by atoms with E-state index in [0.29, 0.717) is 32.1 Å². The molecule has 2 aliphatic rings. The molecular weight excluding hydrogens is 216 g/mol. The number of hydrogen-bond acceptors (Lipinski definition) is 2. The molecule has 17 heavy (non-hydrogen) atoms. The Morgan fingerprint density at radius 1 is 1.00 bits per heavy atom. The summed E-state index contributed by atoms with van der Waals surface area (Å²) in [5.74, 6) is 0.517. The molecule has 0 atom stereocenters. The maximum Gasteiger partial charge on any atom is 0.246 e. The smallest absolute Gasteiger partial charge is 0.246 e. The van der Waals surface area contributed by atoms with Gasteiger partial charge in [-0.1, -0.05) is 19.4 Å². The molecular formula is C13H20N2O2. The van der Waals surface area contributed by atoms with Gasteiger partial charge in [-0.2, -0.15) is 0 Å². The molecule has 1 aliphatic carbocycles. The number of carbonyl (C=O) groups is 2. The van der Waals surface area contributed by atoms with Crippen LogP contribution in [0.4, 0.5) is 0 Å². The highest BCUT2D eigenvalue weighted by atomic mass is 16.2. The minimum atomic E-state index is -0.0297. The molecule has 0 aromatic carbocycles. The summed E-state index contributed by atoms with van der Waals surface area (Å²) in [6.45, 7) is 6.12. The molecule has 0 radical (unpaired) electrons. The second-order valence-electron chi connectivity index (χ2n) is 4.84. The average Bonchev–Trinajstić information content (AvgIpc) is 2.91. The van der Waals surface area contributed by atoms with Gasteiger partial charge < -0.3 is 9.80 Å². The summed E-state index contributed by atoms with van der Waals surface area (Å²) in [4.78, 5) is 27.2. The van der Waals surface area contributed by atoms with E-state index in [4.69, 9.17) is 0 Å². The van der Waals surface area contributed by atoms with Crippen molar-refractivity contribution in [2.75, 3.05) is 26.2 Å². The number of piperazine rings is 1. The molecule has 0 aromatic rings. The Balaban J connectivity index is 1.84. The van der Waals surface area contributed by atoms with Crippen molar-refractivity contribution >= 4 is 11.8 Å². The Bertz CT molecular complexity index is 313. The number of rotatable bonds is 2. The van der Waals surface area contributed by atoms with Crippen LogP contribution in [0.1, 0.15) is 25.7 Å². The molecule has 0 unspecified atom stereocenters. The first-order valence-electron chi connectivity index (χ1n) is 6.42. The monoisotopic (exact) mass is 236 g/mol. The summed E-state index contributed by atoms with van der Waals surface area (Å²) in [6, 6.07) is 0. The van der Waals surface area contributed by atoms with E-state index in [9.17, 15) is 9.59 Å². The standard InChI is InChI=1S/C13H20N2O2/c1-2-12(16)14-7-9-15(10-8-14)13(17)11-5-3-4-6-11/h2,11H,1,3-10H2. The summed E-state index contributed by atoms with van der Waals surface area (Å²) >= 11 is 0. The van der Waals surface area contributed by atoms with Gasteiger partial charge in [-0.15, -0.1) is 0 Å². The van der Waals surface area contributed by atoms with Crippen molar-refractivity contribution in [1.82, 2.24) is 9.80 Å². The lowest BCUT2D eigenvalue weighted by molar-refractivity contribution is -0.140. The van der Waals surface area contributed by atoms with Crippen molar-refractivity contribution in [2.24, 2.45) is 5.92 Å². The number of nitrogens with zero attached hydrogens (tertiary/aromatic N) is 2. The van der Waals surface area contributed by atoms with E-state index in [1.54, 1.807) is 4.90 Å². The summed E-state index contributed by atoms with van der Waals surface area (Å²) in [6.07, 6.45) is 5.81. The number of carbonyl (C=O) groups excluding carboxylic acids is 2. The normalized spacial score (nSPS) is 21.6. The van der Waals surface area contributed by atoms with Crippen LogP contribution < -0.4 is 0 Å². The molecule has 1 saturated carbocycles. The van der Waals surface area contributed by atoms with E-state index in [0.717, 1.165) is 12.8 Å². The van der Waals surface area contributed by atoms with E-state index in [-0.39, 0.29) is 11.8 Å². The molecule has 0 bridgehead atoms. The SMILES string of the molecule is C=CC(=O)N1CCN(C(=O)C2CCCC2)CC1. The van der Waals surface area contributed by atoms with Crippen LogP contribution in [0.3, 0.4) is 0 Å². The topological polar surface area (TPSA) is 40.6 Å². The van der Waals surface area contributed by atoms with Crippen LogP contribution in [-0.4, -0.2) is 47.8 Å². The summed E-state index contributed by atoms with van der Waals surface area (Å²) < 4.78 is 0. The largest absolute Gasteiger partial charge is 0.339 e. The fourth-order valence-corrected chi connectivity index (χ4v) is 2.71. The predicted octanol–water partition coefficient (Wildman–Crippen LogP) is 1.03. The van der Waals surface area contributed by atoms with Crippen LogP contribution in [0, 0.1) is 5.92 Å². The van der Waals surface area contributed by atoms with Crippen molar-refractivity contribution in [3.63, 3.8) is 0 Å². The predicted molar refractivity (Wildman–Crippen MR) is 65.3 cm³/mol. The molecule has 2 fully saturated rings. The molecule has 1 aliphatic heterocycles. The molecule has 0 spiro atoms. The highest BCUT2D eigenvalue weighted by Gasteiger charge is 2.29. The van der Waals surface area contributed by atoms with Crippen LogP contribution >= 0.6 is 0 Å². The first kappa shape index (κ1) is 12.1. The van der Waals surface area contributed by atoms with Crippen molar-refractivity contribution in [3.8, 4) is 0 Å². The quantitative estimate of drug-likeness (QED) is 0.672. The van der Waals surface area contributed by atoms with Gasteiger partial charge in [0.15, 0.2) is 0 Å². The van der Waals surface area contributed by atoms with E-state index in [1.165, 1.54) is 18.9 Å². The van der Waals surface area contributed by atoms with Crippen molar-refractivity contribution < 1.29 is 9.59 Å². The first-order chi connectivity index (χ1) is 8.22. The van der Waals surface area contributed by atoms with Crippen molar-refractivity contribution in [3.05, 3.63) is 12.7 Å². The molecule has 1 heterocycles. The van der Waals surface area contributed by atoms with Crippen LogP contribution in [0.15, 0.2) is 12.7 Å². The third kappa shape index (κ3) is 2.68. The Morgan fingerprint density at radius 3 is 2.06 bits per heavy atom. The first-order valence-corrected chi connectivity index (χ1v) is 6.42. The molecule has 1 saturated heterocycles. The zero-order valence-electron chi connectivity index (χ0n) is 10.2. The third-order valence-electron chi connectivity index (χ3n) is 3.78. The Morgan fingerprint density at radius 2 is 1.53 bits per heavy atom. The summed E-state index contributed by atoms with van der Waals surface area (Å²) in [5.41, 5.74) is 0. The zero-order chi connectivity index (χ0) is 12.3. The lowest BCUT2D eigenvalue weighted by Gasteiger charge is -2.35. The average molecular weight is 236 g/mol. The summed E-state index contributed by atoms with van der Waals surface area (Å²) in [7, 11) is 0. The van der Waals surface area contributed by atoms with E-state index in [1.807, 2.05) is 4.90 Å². The molecule has 94 valence electrons. The van der Waals surface area contributed by atoms with E-state index < -0.39 is 0 Å². The van der Waals surface area contributed by atoms with Crippen LogP contribution in [-0.2, 0) is 9.59 Å². The molecule has 0 N–H and O–H groups in total. The van der Waals surface area contributed by atoms with Gasteiger partial charge in [-0.3, -0.25) is 9.59 Å². The Hall–Kier alpha value is -1.32. The number of hydrogen-bond donors (Lipinski definition) is 0. The van der Waals surface area contributed by atoms with Gasteiger partial charge in [0, 0.05) is 32.1 Å². The van der Waals surface area contributed by atoms with Crippen LogP contribution in [0.5, 0.6) is 0 Å².